The minimum atomic E-state index is -4.48. The number of phosphoric acid groups is 1. The molecule has 21 heavy (non-hydrogen) atoms. The minimum Gasteiger partial charge on any atom is -0.491 e. The summed E-state index contributed by atoms with van der Waals surface area (Å²) in [5.41, 5.74) is 0. The first-order valence-corrected chi connectivity index (χ1v) is 8.54. The van der Waals surface area contributed by atoms with E-state index in [1.807, 2.05) is 37.3 Å². The van der Waals surface area contributed by atoms with Crippen molar-refractivity contribution in [1.82, 2.24) is 0 Å². The van der Waals surface area contributed by atoms with Crippen LogP contribution in [-0.4, -0.2) is 35.7 Å². The lowest BCUT2D eigenvalue weighted by atomic mass is 10.2. The number of para-hydroxylation sites is 1. The summed E-state index contributed by atoms with van der Waals surface area (Å²) < 4.78 is 26.4. The molecule has 7 heteroatoms. The zero-order valence-corrected chi connectivity index (χ0v) is 13.1. The van der Waals surface area contributed by atoms with E-state index in [-0.39, 0.29) is 6.61 Å². The summed E-state index contributed by atoms with van der Waals surface area (Å²) in [5, 5.41) is 0. The van der Waals surface area contributed by atoms with Gasteiger partial charge in [-0.3, -0.25) is 4.52 Å². The van der Waals surface area contributed by atoms with Crippen LogP contribution < -0.4 is 4.74 Å². The zero-order chi connectivity index (χ0) is 15.6. The maximum atomic E-state index is 10.9. The fourth-order valence-electron chi connectivity index (χ4n) is 1.74. The van der Waals surface area contributed by atoms with Crippen molar-refractivity contribution >= 4 is 7.82 Å². The van der Waals surface area contributed by atoms with Gasteiger partial charge in [0.25, 0.3) is 0 Å². The predicted molar refractivity (Wildman–Crippen MR) is 79.2 cm³/mol. The van der Waals surface area contributed by atoms with E-state index in [4.69, 9.17) is 23.8 Å². The van der Waals surface area contributed by atoms with Crippen molar-refractivity contribution in [2.45, 2.75) is 32.3 Å². The highest BCUT2D eigenvalue weighted by Gasteiger charge is 2.21. The molecule has 0 aliphatic carbocycles. The summed E-state index contributed by atoms with van der Waals surface area (Å²) in [5.74, 6) is 0.759. The summed E-state index contributed by atoms with van der Waals surface area (Å²) in [7, 11) is -4.48. The summed E-state index contributed by atoms with van der Waals surface area (Å²) in [4.78, 5) is 17.7. The van der Waals surface area contributed by atoms with E-state index in [1.54, 1.807) is 0 Å². The van der Waals surface area contributed by atoms with Gasteiger partial charge in [-0.1, -0.05) is 38.0 Å². The highest BCUT2D eigenvalue weighted by Crippen LogP contribution is 2.38. The lowest BCUT2D eigenvalue weighted by molar-refractivity contribution is 0.0184. The SMILES string of the molecule is CCCCC(COCCOc1ccccc1)OP(=O)(O)O. The average Bonchev–Trinajstić information content (AvgIpc) is 2.44. The number of ether oxygens (including phenoxy) is 2. The van der Waals surface area contributed by atoms with Crippen LogP contribution in [0.4, 0.5) is 0 Å². The van der Waals surface area contributed by atoms with Gasteiger partial charge in [0, 0.05) is 0 Å². The fourth-order valence-corrected chi connectivity index (χ4v) is 2.30. The standard InChI is InChI=1S/C14H23O6P/c1-2-3-7-14(20-21(15,16)17)12-18-10-11-19-13-8-5-4-6-9-13/h4-6,8-9,14H,2-3,7,10-12H2,1H3,(H2,15,16,17). The number of hydrogen-bond acceptors (Lipinski definition) is 4. The Bertz CT molecular complexity index is 419. The van der Waals surface area contributed by atoms with Gasteiger partial charge in [0.2, 0.25) is 0 Å². The van der Waals surface area contributed by atoms with Gasteiger partial charge in [0.15, 0.2) is 0 Å². The molecule has 0 saturated heterocycles. The van der Waals surface area contributed by atoms with E-state index in [9.17, 15) is 4.57 Å². The first kappa shape index (κ1) is 18.1. The molecule has 0 bridgehead atoms. The highest BCUT2D eigenvalue weighted by molar-refractivity contribution is 7.46. The zero-order valence-electron chi connectivity index (χ0n) is 12.2. The number of phosphoric ester groups is 1. The molecular weight excluding hydrogens is 295 g/mol. The normalized spacial score (nSPS) is 13.1. The van der Waals surface area contributed by atoms with Crippen molar-refractivity contribution in [1.29, 1.82) is 0 Å². The van der Waals surface area contributed by atoms with Gasteiger partial charge >= 0.3 is 7.82 Å². The lowest BCUT2D eigenvalue weighted by Gasteiger charge is -2.18. The van der Waals surface area contributed by atoms with Gasteiger partial charge < -0.3 is 19.3 Å². The quantitative estimate of drug-likeness (QED) is 0.482. The molecule has 2 N–H and O–H groups in total. The van der Waals surface area contributed by atoms with Crippen LogP contribution in [0, 0.1) is 0 Å². The fraction of sp³-hybridized carbons (Fsp3) is 0.571. The summed E-state index contributed by atoms with van der Waals surface area (Å²) in [6.45, 7) is 2.86. The van der Waals surface area contributed by atoms with E-state index >= 15 is 0 Å². The Kier molecular flexibility index (Phi) is 8.57. The predicted octanol–water partition coefficient (Wildman–Crippen LogP) is 2.75. The van der Waals surface area contributed by atoms with E-state index in [0.29, 0.717) is 19.6 Å². The second kappa shape index (κ2) is 9.92. The molecule has 1 aromatic rings. The van der Waals surface area contributed by atoms with Crippen LogP contribution in [0.5, 0.6) is 5.75 Å². The molecule has 1 unspecified atom stereocenters. The molecule has 0 spiro atoms. The largest absolute Gasteiger partial charge is 0.491 e. The number of rotatable bonds is 11. The summed E-state index contributed by atoms with van der Waals surface area (Å²) in [6.07, 6.45) is 1.72. The number of hydrogen-bond donors (Lipinski definition) is 2. The molecule has 0 saturated carbocycles. The summed E-state index contributed by atoms with van der Waals surface area (Å²) in [6, 6.07) is 9.36. The molecule has 0 fully saturated rings. The van der Waals surface area contributed by atoms with Gasteiger partial charge in [-0.05, 0) is 18.6 Å². The highest BCUT2D eigenvalue weighted by atomic mass is 31.2. The monoisotopic (exact) mass is 318 g/mol. The third-order valence-electron chi connectivity index (χ3n) is 2.71. The van der Waals surface area contributed by atoms with Crippen LogP contribution in [0.15, 0.2) is 30.3 Å². The molecule has 0 aliphatic heterocycles. The molecule has 120 valence electrons. The van der Waals surface area contributed by atoms with Crippen molar-refractivity contribution < 1.29 is 28.3 Å². The van der Waals surface area contributed by atoms with Crippen LogP contribution in [0.1, 0.15) is 26.2 Å². The number of benzene rings is 1. The Morgan fingerprint density at radius 1 is 1.19 bits per heavy atom. The Hall–Kier alpha value is -0.910. The Morgan fingerprint density at radius 3 is 2.52 bits per heavy atom. The third kappa shape index (κ3) is 9.61. The van der Waals surface area contributed by atoms with Crippen molar-refractivity contribution in [3.05, 3.63) is 30.3 Å². The molecule has 0 aliphatic rings. The van der Waals surface area contributed by atoms with Crippen molar-refractivity contribution in [2.24, 2.45) is 0 Å². The molecule has 0 amide bonds. The van der Waals surface area contributed by atoms with Gasteiger partial charge in [0.05, 0.1) is 19.3 Å². The van der Waals surface area contributed by atoms with Gasteiger partial charge in [-0.2, -0.15) is 0 Å². The lowest BCUT2D eigenvalue weighted by Crippen LogP contribution is -2.20. The van der Waals surface area contributed by atoms with Crippen molar-refractivity contribution in [2.75, 3.05) is 19.8 Å². The molecule has 0 radical (unpaired) electrons. The smallest absolute Gasteiger partial charge is 0.469 e. The van der Waals surface area contributed by atoms with Gasteiger partial charge in [-0.25, -0.2) is 4.57 Å². The van der Waals surface area contributed by atoms with Crippen LogP contribution in [-0.2, 0) is 13.8 Å². The maximum absolute atomic E-state index is 10.9. The molecule has 0 aromatic heterocycles. The molecule has 6 nitrogen and oxygen atoms in total. The van der Waals surface area contributed by atoms with Crippen LogP contribution in [0.3, 0.4) is 0 Å². The Labute approximate surface area is 125 Å². The van der Waals surface area contributed by atoms with Gasteiger partial charge in [0.1, 0.15) is 12.4 Å². The topological polar surface area (TPSA) is 85.2 Å². The van der Waals surface area contributed by atoms with Crippen molar-refractivity contribution in [3.8, 4) is 5.75 Å². The van der Waals surface area contributed by atoms with Crippen LogP contribution in [0.25, 0.3) is 0 Å². The van der Waals surface area contributed by atoms with E-state index < -0.39 is 13.9 Å². The van der Waals surface area contributed by atoms with Crippen LogP contribution in [0.2, 0.25) is 0 Å². The Balaban J connectivity index is 2.21. The maximum Gasteiger partial charge on any atom is 0.469 e. The molecule has 1 aromatic carbocycles. The average molecular weight is 318 g/mol. The van der Waals surface area contributed by atoms with Gasteiger partial charge in [-0.15, -0.1) is 0 Å². The van der Waals surface area contributed by atoms with Crippen molar-refractivity contribution in [3.63, 3.8) is 0 Å². The number of unbranched alkanes of at least 4 members (excludes halogenated alkanes) is 1. The van der Waals surface area contributed by atoms with E-state index in [2.05, 4.69) is 0 Å². The second-order valence-corrected chi connectivity index (χ2v) is 5.79. The molecule has 1 atom stereocenters. The molecular formula is C14H23O6P. The summed E-state index contributed by atoms with van der Waals surface area (Å²) >= 11 is 0. The minimum absolute atomic E-state index is 0.142. The second-order valence-electron chi connectivity index (χ2n) is 4.60. The Morgan fingerprint density at radius 2 is 1.90 bits per heavy atom. The first-order chi connectivity index (χ1) is 10.0. The van der Waals surface area contributed by atoms with E-state index in [0.717, 1.165) is 18.6 Å². The third-order valence-corrected chi connectivity index (χ3v) is 3.28. The molecule has 0 heterocycles. The first-order valence-electron chi connectivity index (χ1n) is 7.01. The van der Waals surface area contributed by atoms with E-state index in [1.165, 1.54) is 0 Å². The molecule has 1 rings (SSSR count). The van der Waals surface area contributed by atoms with Crippen LogP contribution >= 0.6 is 7.82 Å².